The number of nitriles is 1. The average molecular weight is 873 g/mol. The molecule has 63 heavy (non-hydrogen) atoms. The van der Waals surface area contributed by atoms with E-state index < -0.39 is 23.8 Å². The zero-order valence-electron chi connectivity index (χ0n) is 36.2. The number of benzene rings is 3. The summed E-state index contributed by atoms with van der Waals surface area (Å²) in [5.74, 6) is -1.25. The summed E-state index contributed by atoms with van der Waals surface area (Å²) in [6.07, 6.45) is 2.11. The molecule has 4 saturated heterocycles. The number of rotatable bonds is 8. The molecule has 0 spiro atoms. The van der Waals surface area contributed by atoms with Gasteiger partial charge in [0.15, 0.2) is 0 Å². The summed E-state index contributed by atoms with van der Waals surface area (Å²) in [4.78, 5) is 77.7. The summed E-state index contributed by atoms with van der Waals surface area (Å²) in [5, 5.41) is 11.9. The first-order valence-electron chi connectivity index (χ1n) is 22.3. The molecule has 1 atom stereocenters. The second-order valence-corrected chi connectivity index (χ2v) is 20.0. The molecule has 6 heterocycles. The lowest BCUT2D eigenvalue weighted by molar-refractivity contribution is -0.199. The number of fused-ring (bicyclic) bond motifs is 2. The number of nitrogens with one attached hydrogen (secondary N) is 1. The topological polar surface area (TPSA) is 150 Å². The molecule has 328 valence electrons. The maximum absolute atomic E-state index is 14.0. The minimum atomic E-state index is -0.969. The van der Waals surface area contributed by atoms with Crippen molar-refractivity contribution in [3.8, 4) is 11.8 Å². The Labute approximate surface area is 372 Å². The third kappa shape index (κ3) is 6.85. The van der Waals surface area contributed by atoms with Gasteiger partial charge >= 0.3 is 0 Å². The molecule has 1 N–H and O–H groups in total. The van der Waals surface area contributed by atoms with E-state index in [9.17, 15) is 29.2 Å². The highest BCUT2D eigenvalue weighted by atomic mass is 35.5. The van der Waals surface area contributed by atoms with Crippen molar-refractivity contribution >= 4 is 52.5 Å². The molecule has 0 aromatic heterocycles. The summed E-state index contributed by atoms with van der Waals surface area (Å²) in [6, 6.07) is 19.0. The van der Waals surface area contributed by atoms with E-state index in [1.54, 1.807) is 30.3 Å². The Hall–Kier alpha value is -5.49. The van der Waals surface area contributed by atoms with Gasteiger partial charge in [-0.15, -0.1) is 0 Å². The number of piperazine rings is 1. The van der Waals surface area contributed by atoms with Crippen LogP contribution in [0.15, 0.2) is 54.6 Å². The van der Waals surface area contributed by atoms with E-state index in [0.717, 1.165) is 86.9 Å². The zero-order chi connectivity index (χ0) is 44.1. The summed E-state index contributed by atoms with van der Waals surface area (Å²) in [7, 11) is 0. The van der Waals surface area contributed by atoms with Crippen LogP contribution in [0, 0.1) is 22.2 Å². The van der Waals surface area contributed by atoms with E-state index in [1.165, 1.54) is 5.69 Å². The van der Waals surface area contributed by atoms with Crippen LogP contribution in [0.2, 0.25) is 5.02 Å². The van der Waals surface area contributed by atoms with Crippen molar-refractivity contribution in [2.24, 2.45) is 10.8 Å². The first kappa shape index (κ1) is 41.5. The van der Waals surface area contributed by atoms with Gasteiger partial charge in [0.2, 0.25) is 11.8 Å². The molecule has 7 aliphatic rings. The molecular weight excluding hydrogens is 820 g/mol. The number of halogens is 1. The fraction of sp³-hybridized carbons (Fsp3) is 0.500. The first-order chi connectivity index (χ1) is 30.1. The van der Waals surface area contributed by atoms with E-state index >= 15 is 0 Å². The molecule has 3 aromatic rings. The molecular formula is C48H53ClN8O6. The number of likely N-dealkylation sites (tertiary alicyclic amines) is 1. The standard InChI is InChI=1S/C48H53ClN8O6/c1-47(2)45(48(3,4)46(47)63-34-8-5-28(24-50)38(49)23-34)56-25-29-21-31(6-9-35(29)42(56)60)53-17-19-54(20-18-53)33-26-55(27-33)30-13-15-52(16-14-30)32-7-10-36-37(22-32)44(62)57(43(36)61)39-11-12-40(58)51-41(39)59/h5-10,21-23,30,33,39,45-46H,11-20,25-27H2,1-4H3,(H,51,58,59). The average Bonchev–Trinajstić information content (AvgIpc) is 3.69. The van der Waals surface area contributed by atoms with Gasteiger partial charge in [0, 0.05) is 117 Å². The van der Waals surface area contributed by atoms with Crippen LogP contribution in [-0.2, 0) is 16.1 Å². The molecule has 10 rings (SSSR count). The number of hydrogen-bond acceptors (Lipinski definition) is 11. The summed E-state index contributed by atoms with van der Waals surface area (Å²) < 4.78 is 6.51. The van der Waals surface area contributed by atoms with Gasteiger partial charge in [-0.2, -0.15) is 5.26 Å². The Balaban J connectivity index is 0.694. The third-order valence-electron chi connectivity index (χ3n) is 15.2. The minimum Gasteiger partial charge on any atom is -0.489 e. The van der Waals surface area contributed by atoms with Gasteiger partial charge < -0.3 is 19.4 Å². The van der Waals surface area contributed by atoms with E-state index in [4.69, 9.17) is 16.3 Å². The second-order valence-electron chi connectivity index (χ2n) is 19.6. The van der Waals surface area contributed by atoms with Crippen LogP contribution in [-0.4, -0.2) is 132 Å². The van der Waals surface area contributed by atoms with E-state index in [2.05, 4.69) is 70.8 Å². The Bertz CT molecular complexity index is 2460. The summed E-state index contributed by atoms with van der Waals surface area (Å²) >= 11 is 6.32. The van der Waals surface area contributed by atoms with Gasteiger partial charge in [0.1, 0.15) is 24.0 Å². The number of carbonyl (C=O) groups excluding carboxylic acids is 5. The number of ether oxygens (including phenoxy) is 1. The highest BCUT2D eigenvalue weighted by Gasteiger charge is 2.67. The highest BCUT2D eigenvalue weighted by molar-refractivity contribution is 6.31. The van der Waals surface area contributed by atoms with Crippen LogP contribution in [0.3, 0.4) is 0 Å². The summed E-state index contributed by atoms with van der Waals surface area (Å²) in [5.41, 5.74) is 4.32. The molecule has 5 fully saturated rings. The SMILES string of the molecule is CC1(C)C(Oc2ccc(C#N)c(Cl)c2)C(C)(C)C1N1Cc2cc(N3CCN(C4CN(C5CCN(c6ccc7c(c6)C(=O)N(C6CCC(=O)NC6=O)C7=O)CC5)C4)CC3)ccc2C1=O. The van der Waals surface area contributed by atoms with Gasteiger partial charge in [-0.05, 0) is 73.4 Å². The smallest absolute Gasteiger partial charge is 0.262 e. The van der Waals surface area contributed by atoms with Gasteiger partial charge in [-0.25, -0.2) is 0 Å². The fourth-order valence-electron chi connectivity index (χ4n) is 12.3. The first-order valence-corrected chi connectivity index (χ1v) is 22.7. The lowest BCUT2D eigenvalue weighted by atomic mass is 9.49. The number of imide groups is 2. The van der Waals surface area contributed by atoms with E-state index in [0.29, 0.717) is 46.1 Å². The Morgan fingerprint density at radius 3 is 2.03 bits per heavy atom. The molecule has 0 bridgehead atoms. The van der Waals surface area contributed by atoms with Crippen molar-refractivity contribution in [1.29, 1.82) is 5.26 Å². The van der Waals surface area contributed by atoms with Gasteiger partial charge in [-0.3, -0.25) is 44.0 Å². The molecule has 5 amide bonds. The van der Waals surface area contributed by atoms with E-state index in [1.807, 2.05) is 17.0 Å². The Kier molecular flexibility index (Phi) is 10.1. The predicted molar refractivity (Wildman–Crippen MR) is 236 cm³/mol. The van der Waals surface area contributed by atoms with Gasteiger partial charge in [0.25, 0.3) is 17.7 Å². The number of carbonyl (C=O) groups is 5. The van der Waals surface area contributed by atoms with Crippen LogP contribution in [0.25, 0.3) is 0 Å². The Morgan fingerprint density at radius 1 is 0.714 bits per heavy atom. The quantitative estimate of drug-likeness (QED) is 0.308. The van der Waals surface area contributed by atoms with Crippen molar-refractivity contribution < 1.29 is 28.7 Å². The van der Waals surface area contributed by atoms with Gasteiger partial charge in [0.05, 0.1) is 21.7 Å². The lowest BCUT2D eigenvalue weighted by Gasteiger charge is -2.65. The fourth-order valence-corrected chi connectivity index (χ4v) is 12.5. The maximum atomic E-state index is 14.0. The minimum absolute atomic E-state index is 0.0308. The molecule has 0 radical (unpaired) electrons. The molecule has 1 aliphatic carbocycles. The monoisotopic (exact) mass is 872 g/mol. The van der Waals surface area contributed by atoms with Crippen LogP contribution < -0.4 is 19.9 Å². The number of hydrogen-bond donors (Lipinski definition) is 1. The predicted octanol–water partition coefficient (Wildman–Crippen LogP) is 4.93. The lowest BCUT2D eigenvalue weighted by Crippen LogP contribution is -2.74. The third-order valence-corrected chi connectivity index (χ3v) is 15.5. The molecule has 3 aromatic carbocycles. The molecule has 15 heteroatoms. The summed E-state index contributed by atoms with van der Waals surface area (Å²) in [6.45, 7) is 16.9. The molecule has 14 nitrogen and oxygen atoms in total. The van der Waals surface area contributed by atoms with Crippen molar-refractivity contribution in [2.75, 3.05) is 62.2 Å². The number of piperidine rings is 2. The van der Waals surface area contributed by atoms with Crippen LogP contribution >= 0.6 is 11.6 Å². The van der Waals surface area contributed by atoms with Crippen LogP contribution in [0.4, 0.5) is 11.4 Å². The maximum Gasteiger partial charge on any atom is 0.262 e. The van der Waals surface area contributed by atoms with E-state index in [-0.39, 0.29) is 47.6 Å². The molecule has 6 aliphatic heterocycles. The molecule has 1 saturated carbocycles. The van der Waals surface area contributed by atoms with Crippen molar-refractivity contribution in [3.63, 3.8) is 0 Å². The number of nitrogens with zero attached hydrogens (tertiary/aromatic N) is 7. The normalized spacial score (nSPS) is 26.3. The van der Waals surface area contributed by atoms with Crippen molar-refractivity contribution in [2.45, 2.75) is 90.2 Å². The number of amides is 5. The van der Waals surface area contributed by atoms with Crippen LogP contribution in [0.1, 0.15) is 95.6 Å². The second kappa shape index (κ2) is 15.3. The van der Waals surface area contributed by atoms with Gasteiger partial charge in [-0.1, -0.05) is 39.3 Å². The largest absolute Gasteiger partial charge is 0.489 e. The van der Waals surface area contributed by atoms with Crippen LogP contribution in [0.5, 0.6) is 5.75 Å². The zero-order valence-corrected chi connectivity index (χ0v) is 37.0. The Morgan fingerprint density at radius 2 is 1.37 bits per heavy atom. The molecule has 1 unspecified atom stereocenters. The van der Waals surface area contributed by atoms with Crippen molar-refractivity contribution in [3.05, 3.63) is 87.4 Å². The van der Waals surface area contributed by atoms with Crippen molar-refractivity contribution in [1.82, 2.24) is 24.9 Å². The highest BCUT2D eigenvalue weighted by Crippen LogP contribution is 2.59. The number of anilines is 2.